The van der Waals surface area contributed by atoms with Gasteiger partial charge in [0.15, 0.2) is 12.2 Å². The first kappa shape index (κ1) is 87.1. The van der Waals surface area contributed by atoms with Crippen molar-refractivity contribution in [3.63, 3.8) is 0 Å². The molecule has 0 spiro atoms. The molecule has 0 aromatic rings. The average molecular weight is 1310 g/mol. The number of rotatable bonds is 69. The molecule has 528 valence electrons. The quantitative estimate of drug-likeness (QED) is 0.0222. The number of hydrogen-bond acceptors (Lipinski definition) is 15. The smallest absolute Gasteiger partial charge is 0.462 e. The summed E-state index contributed by atoms with van der Waals surface area (Å²) in [5, 5.41) is 10.5. The van der Waals surface area contributed by atoms with Gasteiger partial charge in [0.1, 0.15) is 19.3 Å². The Hall–Kier alpha value is -1.94. The van der Waals surface area contributed by atoms with Crippen molar-refractivity contribution in [3.8, 4) is 0 Å². The predicted octanol–water partition coefficient (Wildman–Crippen LogP) is 20.0. The summed E-state index contributed by atoms with van der Waals surface area (Å²) >= 11 is 0. The fourth-order valence-electron chi connectivity index (χ4n) is 10.6. The number of unbranched alkanes of at least 4 members (excludes halogenated alkanes) is 38. The molecule has 0 aliphatic heterocycles. The van der Waals surface area contributed by atoms with Gasteiger partial charge >= 0.3 is 39.5 Å². The highest BCUT2D eigenvalue weighted by atomic mass is 31.2. The monoisotopic (exact) mass is 1310 g/mol. The van der Waals surface area contributed by atoms with Gasteiger partial charge in [-0.2, -0.15) is 0 Å². The van der Waals surface area contributed by atoms with E-state index in [4.69, 9.17) is 37.0 Å². The van der Waals surface area contributed by atoms with Crippen molar-refractivity contribution in [2.75, 3.05) is 39.6 Å². The van der Waals surface area contributed by atoms with E-state index >= 15 is 0 Å². The van der Waals surface area contributed by atoms with E-state index in [1.165, 1.54) is 148 Å². The van der Waals surface area contributed by atoms with Crippen molar-refractivity contribution in [2.45, 2.75) is 374 Å². The normalized spacial score (nSPS) is 14.4. The Balaban J connectivity index is 5.15. The number of carbonyl (C=O) groups is 4. The molecule has 0 rings (SSSR count). The summed E-state index contributed by atoms with van der Waals surface area (Å²) in [5.41, 5.74) is 0. The minimum absolute atomic E-state index is 0.103. The van der Waals surface area contributed by atoms with Gasteiger partial charge in [0.2, 0.25) is 0 Å². The van der Waals surface area contributed by atoms with Gasteiger partial charge in [-0.15, -0.1) is 0 Å². The summed E-state index contributed by atoms with van der Waals surface area (Å²) in [5.74, 6) is -0.488. The lowest BCUT2D eigenvalue weighted by molar-refractivity contribution is -0.161. The van der Waals surface area contributed by atoms with Crippen LogP contribution in [0.25, 0.3) is 0 Å². The maximum Gasteiger partial charge on any atom is 0.472 e. The minimum Gasteiger partial charge on any atom is -0.462 e. The molecule has 0 saturated heterocycles. The molecular weight excluding hydrogens is 1170 g/mol. The second-order valence-corrected chi connectivity index (χ2v) is 28.9. The van der Waals surface area contributed by atoms with Crippen LogP contribution in [0.5, 0.6) is 0 Å². The lowest BCUT2D eigenvalue weighted by Gasteiger charge is -2.21. The van der Waals surface area contributed by atoms with Crippen LogP contribution in [0.3, 0.4) is 0 Å². The molecule has 0 aliphatic rings. The lowest BCUT2D eigenvalue weighted by Crippen LogP contribution is -2.30. The third-order valence-electron chi connectivity index (χ3n) is 16.6. The van der Waals surface area contributed by atoms with Crippen LogP contribution in [-0.4, -0.2) is 96.7 Å². The van der Waals surface area contributed by atoms with Crippen LogP contribution in [0.15, 0.2) is 0 Å². The standard InChI is InChI=1S/C70H136O17P2/c1-7-10-12-14-32-40-46-52-67(72)80-58-65(86-69(74)54-48-42-33-15-13-11-8-2)60-84-88(76,77)82-56-64(71)57-83-89(78,79)85-61-66(59-81-68(73)53-47-41-36-30-26-22-18-16-20-24-28-34-38-44-50-62(4)5)87-70(75)55-49-43-37-31-27-23-19-17-21-25-29-35-39-45-51-63(6)9-3/h62-66,71H,7-61H2,1-6H3,(H,76,77)(H,78,79)/t63?,64-,65+,66+/m0/s1. The van der Waals surface area contributed by atoms with Crippen molar-refractivity contribution in [1.29, 1.82) is 0 Å². The van der Waals surface area contributed by atoms with E-state index in [-0.39, 0.29) is 25.7 Å². The Morgan fingerprint density at radius 1 is 0.326 bits per heavy atom. The maximum absolute atomic E-state index is 13.0. The van der Waals surface area contributed by atoms with E-state index in [0.717, 1.165) is 127 Å². The van der Waals surface area contributed by atoms with Crippen molar-refractivity contribution in [1.82, 2.24) is 0 Å². The summed E-state index contributed by atoms with van der Waals surface area (Å²) in [4.78, 5) is 72.2. The molecule has 0 heterocycles. The van der Waals surface area contributed by atoms with E-state index in [0.29, 0.717) is 25.7 Å². The predicted molar refractivity (Wildman–Crippen MR) is 358 cm³/mol. The Morgan fingerprint density at radius 3 is 0.854 bits per heavy atom. The molecular formula is C70H136O17P2. The molecule has 17 nitrogen and oxygen atoms in total. The Bertz CT molecular complexity index is 1740. The molecule has 0 aliphatic carbocycles. The summed E-state index contributed by atoms with van der Waals surface area (Å²) in [6.45, 7) is 9.54. The highest BCUT2D eigenvalue weighted by Crippen LogP contribution is 2.45. The SMILES string of the molecule is CCCCCCCCCC(=O)OC[C@H](COP(=O)(O)OC[C@H](O)COP(=O)(O)OC[C@@H](COC(=O)CCCCCCCCCCCCCCCCC(C)C)OC(=O)CCCCCCCCCCCCCCCCC(C)CC)OC(=O)CCCCCCCCC. The Morgan fingerprint density at radius 2 is 0.573 bits per heavy atom. The fraction of sp³-hybridized carbons (Fsp3) is 0.943. The highest BCUT2D eigenvalue weighted by Gasteiger charge is 2.30. The third-order valence-corrected chi connectivity index (χ3v) is 18.5. The van der Waals surface area contributed by atoms with Gasteiger partial charge in [-0.1, -0.05) is 305 Å². The average Bonchev–Trinajstić information content (AvgIpc) is 3.64. The van der Waals surface area contributed by atoms with E-state index in [1.807, 2.05) is 0 Å². The van der Waals surface area contributed by atoms with E-state index in [1.54, 1.807) is 0 Å². The number of ether oxygens (including phenoxy) is 4. The molecule has 89 heavy (non-hydrogen) atoms. The van der Waals surface area contributed by atoms with Crippen molar-refractivity contribution < 1.29 is 80.2 Å². The number of phosphoric ester groups is 2. The van der Waals surface area contributed by atoms with Crippen LogP contribution in [0.4, 0.5) is 0 Å². The molecule has 0 fully saturated rings. The topological polar surface area (TPSA) is 237 Å². The summed E-state index contributed by atoms with van der Waals surface area (Å²) < 4.78 is 68.0. The first-order valence-corrected chi connectivity index (χ1v) is 39.5. The molecule has 0 aromatic heterocycles. The molecule has 6 atom stereocenters. The van der Waals surface area contributed by atoms with Crippen molar-refractivity contribution in [3.05, 3.63) is 0 Å². The van der Waals surface area contributed by atoms with Crippen LogP contribution in [-0.2, 0) is 65.4 Å². The molecule has 3 N–H and O–H groups in total. The second kappa shape index (κ2) is 62.2. The van der Waals surface area contributed by atoms with E-state index in [9.17, 15) is 43.2 Å². The zero-order valence-electron chi connectivity index (χ0n) is 57.7. The fourth-order valence-corrected chi connectivity index (χ4v) is 12.1. The van der Waals surface area contributed by atoms with Gasteiger partial charge in [-0.25, -0.2) is 9.13 Å². The van der Waals surface area contributed by atoms with Crippen LogP contribution in [0.2, 0.25) is 0 Å². The third kappa shape index (κ3) is 63.2. The van der Waals surface area contributed by atoms with Gasteiger partial charge in [0.25, 0.3) is 0 Å². The summed E-state index contributed by atoms with van der Waals surface area (Å²) in [7, 11) is -9.89. The van der Waals surface area contributed by atoms with E-state index in [2.05, 4.69) is 41.5 Å². The second-order valence-electron chi connectivity index (χ2n) is 26.0. The number of hydrogen-bond donors (Lipinski definition) is 3. The molecule has 0 saturated carbocycles. The maximum atomic E-state index is 13.0. The van der Waals surface area contributed by atoms with Crippen LogP contribution >= 0.6 is 15.6 Å². The van der Waals surface area contributed by atoms with Crippen LogP contribution in [0.1, 0.15) is 356 Å². The number of carbonyl (C=O) groups excluding carboxylic acids is 4. The minimum atomic E-state index is -4.95. The number of aliphatic hydroxyl groups is 1. The Labute approximate surface area is 543 Å². The molecule has 19 heteroatoms. The van der Waals surface area contributed by atoms with Crippen molar-refractivity contribution >= 4 is 39.5 Å². The zero-order valence-corrected chi connectivity index (χ0v) is 59.5. The summed E-state index contributed by atoms with van der Waals surface area (Å²) in [6.07, 6.45) is 47.5. The van der Waals surface area contributed by atoms with Gasteiger partial charge in [0, 0.05) is 25.7 Å². The Kier molecular flexibility index (Phi) is 60.8. The van der Waals surface area contributed by atoms with E-state index < -0.39 is 97.5 Å². The zero-order chi connectivity index (χ0) is 65.7. The molecule has 3 unspecified atom stereocenters. The van der Waals surface area contributed by atoms with Gasteiger partial charge in [-0.05, 0) is 37.5 Å². The molecule has 0 aromatic carbocycles. The lowest BCUT2D eigenvalue weighted by atomic mass is 9.99. The first-order valence-electron chi connectivity index (χ1n) is 36.5. The van der Waals surface area contributed by atoms with Gasteiger partial charge in [-0.3, -0.25) is 37.3 Å². The van der Waals surface area contributed by atoms with Crippen LogP contribution < -0.4 is 0 Å². The molecule has 0 amide bonds. The van der Waals surface area contributed by atoms with Crippen LogP contribution in [0, 0.1) is 11.8 Å². The summed E-state index contributed by atoms with van der Waals surface area (Å²) in [6, 6.07) is 0. The van der Waals surface area contributed by atoms with Gasteiger partial charge < -0.3 is 33.8 Å². The number of esters is 4. The largest absolute Gasteiger partial charge is 0.472 e. The number of aliphatic hydroxyl groups excluding tert-OH is 1. The highest BCUT2D eigenvalue weighted by molar-refractivity contribution is 7.47. The van der Waals surface area contributed by atoms with Crippen molar-refractivity contribution in [2.24, 2.45) is 11.8 Å². The molecule has 0 radical (unpaired) electrons. The number of phosphoric acid groups is 2. The first-order chi connectivity index (χ1) is 42.9. The molecule has 0 bridgehead atoms. The van der Waals surface area contributed by atoms with Gasteiger partial charge in [0.05, 0.1) is 26.4 Å².